The van der Waals surface area contributed by atoms with Crippen LogP contribution in [0, 0.1) is 0 Å². The van der Waals surface area contributed by atoms with Crippen LogP contribution in [0.2, 0.25) is 0 Å². The average molecular weight is 352 g/mol. The van der Waals surface area contributed by atoms with Gasteiger partial charge in [0.2, 0.25) is 0 Å². The van der Waals surface area contributed by atoms with Crippen LogP contribution in [0.25, 0.3) is 0 Å². The Bertz CT molecular complexity index is 471. The Morgan fingerprint density at radius 1 is 1.33 bits per heavy atom. The maximum Gasteiger partial charge on any atom is 0.0410 e. The Balaban J connectivity index is 1.74. The van der Waals surface area contributed by atoms with E-state index in [0.29, 0.717) is 11.6 Å². The third kappa shape index (κ3) is 3.85. The Kier molecular flexibility index (Phi) is 4.97. The Morgan fingerprint density at radius 2 is 2.14 bits per heavy atom. The first-order valence-electron chi connectivity index (χ1n) is 8.25. The third-order valence-electron chi connectivity index (χ3n) is 5.15. The first-order valence-corrected chi connectivity index (χ1v) is 9.05. The summed E-state index contributed by atoms with van der Waals surface area (Å²) in [6, 6.07) is 2.84. The Morgan fingerprint density at radius 3 is 2.90 bits per heavy atom. The lowest BCUT2D eigenvalue weighted by molar-refractivity contribution is 0.131. The molecule has 1 aliphatic carbocycles. The maximum atomic E-state index is 4.31. The van der Waals surface area contributed by atoms with Crippen molar-refractivity contribution in [3.05, 3.63) is 28.5 Å². The van der Waals surface area contributed by atoms with Crippen molar-refractivity contribution in [2.24, 2.45) is 0 Å². The van der Waals surface area contributed by atoms with Crippen LogP contribution in [0.15, 0.2) is 22.9 Å². The number of halogens is 1. The molecule has 116 valence electrons. The van der Waals surface area contributed by atoms with Gasteiger partial charge >= 0.3 is 0 Å². The minimum absolute atomic E-state index is 0.364. The van der Waals surface area contributed by atoms with Gasteiger partial charge in [0.25, 0.3) is 0 Å². The van der Waals surface area contributed by atoms with Gasteiger partial charge in [-0.3, -0.25) is 9.88 Å². The minimum atomic E-state index is 0.364. The van der Waals surface area contributed by atoms with E-state index in [1.54, 1.807) is 0 Å². The van der Waals surface area contributed by atoms with Crippen LogP contribution in [0.3, 0.4) is 0 Å². The van der Waals surface area contributed by atoms with E-state index in [4.69, 9.17) is 0 Å². The van der Waals surface area contributed by atoms with Gasteiger partial charge in [0.1, 0.15) is 0 Å². The molecule has 1 aromatic rings. The van der Waals surface area contributed by atoms with Crippen LogP contribution < -0.4 is 5.32 Å². The Hall–Kier alpha value is -0.450. The smallest absolute Gasteiger partial charge is 0.0410 e. The summed E-state index contributed by atoms with van der Waals surface area (Å²) in [6.45, 7) is 5.72. The van der Waals surface area contributed by atoms with Gasteiger partial charge in [-0.05, 0) is 60.3 Å². The largest absolute Gasteiger partial charge is 0.310 e. The van der Waals surface area contributed by atoms with Gasteiger partial charge in [0.15, 0.2) is 0 Å². The SMILES string of the molecule is CC1CCNC2(CCCCC2)CN1Cc1cncc(Br)c1. The van der Waals surface area contributed by atoms with Gasteiger partial charge in [-0.15, -0.1) is 0 Å². The molecule has 1 spiro atoms. The van der Waals surface area contributed by atoms with Gasteiger partial charge in [-0.1, -0.05) is 19.3 Å². The predicted octanol–water partition coefficient (Wildman–Crippen LogP) is 3.73. The highest BCUT2D eigenvalue weighted by Gasteiger charge is 2.36. The highest BCUT2D eigenvalue weighted by Crippen LogP contribution is 2.32. The zero-order chi connectivity index (χ0) is 14.7. The molecule has 0 amide bonds. The molecule has 21 heavy (non-hydrogen) atoms. The van der Waals surface area contributed by atoms with Gasteiger partial charge < -0.3 is 5.32 Å². The lowest BCUT2D eigenvalue weighted by atomic mass is 9.81. The molecule has 4 heteroatoms. The standard InChI is InChI=1S/C17H26BrN3/c1-14-5-8-20-17(6-3-2-4-7-17)13-21(14)12-15-9-16(18)11-19-10-15/h9-11,14,20H,2-8,12-13H2,1H3. The molecule has 2 fully saturated rings. The summed E-state index contributed by atoms with van der Waals surface area (Å²) in [5, 5.41) is 3.89. The fourth-order valence-corrected chi connectivity index (χ4v) is 4.29. The van der Waals surface area contributed by atoms with E-state index in [-0.39, 0.29) is 0 Å². The summed E-state index contributed by atoms with van der Waals surface area (Å²) in [5.41, 5.74) is 1.67. The molecule has 1 unspecified atom stereocenters. The van der Waals surface area contributed by atoms with Crippen LogP contribution in [0.5, 0.6) is 0 Å². The fraction of sp³-hybridized carbons (Fsp3) is 0.706. The first kappa shape index (κ1) is 15.4. The van der Waals surface area contributed by atoms with Gasteiger partial charge in [-0.25, -0.2) is 0 Å². The minimum Gasteiger partial charge on any atom is -0.310 e. The molecule has 2 aliphatic rings. The monoisotopic (exact) mass is 351 g/mol. The van der Waals surface area contributed by atoms with E-state index in [0.717, 1.165) is 17.6 Å². The van der Waals surface area contributed by atoms with E-state index in [1.807, 2.05) is 12.4 Å². The molecule has 3 rings (SSSR count). The Labute approximate surface area is 136 Å². The number of nitrogens with one attached hydrogen (secondary N) is 1. The van der Waals surface area contributed by atoms with Gasteiger partial charge in [0.05, 0.1) is 0 Å². The highest BCUT2D eigenvalue weighted by molar-refractivity contribution is 9.10. The zero-order valence-corrected chi connectivity index (χ0v) is 14.5. The van der Waals surface area contributed by atoms with Crippen LogP contribution in [0.4, 0.5) is 0 Å². The van der Waals surface area contributed by atoms with E-state index < -0.39 is 0 Å². The van der Waals surface area contributed by atoms with Gasteiger partial charge in [0, 0.05) is 41.5 Å². The summed E-state index contributed by atoms with van der Waals surface area (Å²) < 4.78 is 1.08. The predicted molar refractivity (Wildman–Crippen MR) is 90.2 cm³/mol. The number of nitrogens with zero attached hydrogens (tertiary/aromatic N) is 2. The molecule has 1 saturated heterocycles. The normalized spacial score (nSPS) is 26.7. The molecule has 1 aromatic heterocycles. The fourth-order valence-electron chi connectivity index (χ4n) is 3.88. The summed E-state index contributed by atoms with van der Waals surface area (Å²) in [4.78, 5) is 6.97. The van der Waals surface area contributed by atoms with Crippen molar-refractivity contribution >= 4 is 15.9 Å². The molecule has 1 N–H and O–H groups in total. The van der Waals surface area contributed by atoms with Crippen molar-refractivity contribution < 1.29 is 0 Å². The summed E-state index contributed by atoms with van der Waals surface area (Å²) in [5.74, 6) is 0. The summed E-state index contributed by atoms with van der Waals surface area (Å²) >= 11 is 3.53. The van der Waals surface area contributed by atoms with Crippen molar-refractivity contribution in [1.82, 2.24) is 15.2 Å². The molecular formula is C17H26BrN3. The van der Waals surface area contributed by atoms with Crippen LogP contribution in [0.1, 0.15) is 51.0 Å². The number of hydrogen-bond acceptors (Lipinski definition) is 3. The molecular weight excluding hydrogens is 326 g/mol. The van der Waals surface area contributed by atoms with E-state index in [2.05, 4.69) is 44.1 Å². The molecule has 1 saturated carbocycles. The maximum absolute atomic E-state index is 4.31. The van der Waals surface area contributed by atoms with E-state index in [9.17, 15) is 0 Å². The average Bonchev–Trinajstić information content (AvgIpc) is 2.60. The van der Waals surface area contributed by atoms with Crippen molar-refractivity contribution in [1.29, 1.82) is 0 Å². The van der Waals surface area contributed by atoms with Crippen LogP contribution >= 0.6 is 15.9 Å². The van der Waals surface area contributed by atoms with Crippen LogP contribution in [-0.2, 0) is 6.54 Å². The third-order valence-corrected chi connectivity index (χ3v) is 5.58. The molecule has 1 aliphatic heterocycles. The second-order valence-electron chi connectivity index (χ2n) is 6.82. The van der Waals surface area contributed by atoms with E-state index >= 15 is 0 Å². The molecule has 3 nitrogen and oxygen atoms in total. The number of pyridine rings is 1. The highest BCUT2D eigenvalue weighted by atomic mass is 79.9. The molecule has 2 heterocycles. The number of aromatic nitrogens is 1. The second kappa shape index (κ2) is 6.76. The molecule has 1 atom stereocenters. The zero-order valence-electron chi connectivity index (χ0n) is 12.9. The topological polar surface area (TPSA) is 28.2 Å². The second-order valence-corrected chi connectivity index (χ2v) is 7.74. The number of hydrogen-bond donors (Lipinski definition) is 1. The lowest BCUT2D eigenvalue weighted by Gasteiger charge is -2.41. The summed E-state index contributed by atoms with van der Waals surface area (Å²) in [7, 11) is 0. The summed E-state index contributed by atoms with van der Waals surface area (Å²) in [6.07, 6.45) is 12.0. The molecule has 0 aromatic carbocycles. The van der Waals surface area contributed by atoms with Crippen molar-refractivity contribution in [3.8, 4) is 0 Å². The number of rotatable bonds is 2. The van der Waals surface area contributed by atoms with E-state index in [1.165, 1.54) is 50.6 Å². The first-order chi connectivity index (χ1) is 10.2. The van der Waals surface area contributed by atoms with Crippen molar-refractivity contribution in [3.63, 3.8) is 0 Å². The van der Waals surface area contributed by atoms with Crippen molar-refractivity contribution in [2.75, 3.05) is 13.1 Å². The lowest BCUT2D eigenvalue weighted by Crippen LogP contribution is -2.53. The van der Waals surface area contributed by atoms with Crippen LogP contribution in [-0.4, -0.2) is 34.6 Å². The molecule has 0 bridgehead atoms. The molecule has 0 radical (unpaired) electrons. The quantitative estimate of drug-likeness (QED) is 0.879. The van der Waals surface area contributed by atoms with Crippen molar-refractivity contribution in [2.45, 2.75) is 63.6 Å². The van der Waals surface area contributed by atoms with Gasteiger partial charge in [-0.2, -0.15) is 0 Å².